The van der Waals surface area contributed by atoms with Crippen molar-refractivity contribution < 1.29 is 14.3 Å². The maximum atomic E-state index is 12.8. The minimum atomic E-state index is -0.679. The summed E-state index contributed by atoms with van der Waals surface area (Å²) >= 11 is 0. The summed E-state index contributed by atoms with van der Waals surface area (Å²) < 4.78 is 12.8. The van der Waals surface area contributed by atoms with E-state index in [1.54, 1.807) is 12.1 Å². The highest BCUT2D eigenvalue weighted by Gasteiger charge is 2.15. The van der Waals surface area contributed by atoms with Crippen LogP contribution in [0.2, 0.25) is 0 Å². The van der Waals surface area contributed by atoms with Crippen LogP contribution in [0.25, 0.3) is 0 Å². The first kappa shape index (κ1) is 15.6. The molecule has 1 amide bonds. The van der Waals surface area contributed by atoms with Gasteiger partial charge in [0.25, 0.3) is 0 Å². The molecule has 0 aliphatic heterocycles. The summed E-state index contributed by atoms with van der Waals surface area (Å²) in [7, 11) is 0. The predicted octanol–water partition coefficient (Wildman–Crippen LogP) is 1.36. The van der Waals surface area contributed by atoms with Crippen molar-refractivity contribution in [1.29, 1.82) is 0 Å². The van der Waals surface area contributed by atoms with Crippen molar-refractivity contribution in [3.63, 3.8) is 0 Å². The Kier molecular flexibility index (Phi) is 6.45. The monoisotopic (exact) mass is 268 g/mol. The molecule has 3 N–H and O–H groups in total. The molecule has 0 bridgehead atoms. The zero-order chi connectivity index (χ0) is 14.3. The fourth-order valence-corrected chi connectivity index (χ4v) is 1.74. The number of nitrogens with one attached hydrogen (secondary N) is 2. The van der Waals surface area contributed by atoms with Crippen LogP contribution >= 0.6 is 0 Å². The normalized spacial score (nSPS) is 13.9. The molecule has 5 heteroatoms. The number of hydrogen-bond acceptors (Lipinski definition) is 3. The van der Waals surface area contributed by atoms with Crippen molar-refractivity contribution in [1.82, 2.24) is 10.6 Å². The summed E-state index contributed by atoms with van der Waals surface area (Å²) in [5.74, 6) is -0.355. The van der Waals surface area contributed by atoms with Gasteiger partial charge in [-0.05, 0) is 37.6 Å². The fraction of sp³-hybridized carbons (Fsp3) is 0.500. The number of carbonyl (C=O) groups is 1. The molecule has 1 rings (SSSR count). The van der Waals surface area contributed by atoms with Gasteiger partial charge >= 0.3 is 0 Å². The van der Waals surface area contributed by atoms with Crippen LogP contribution in [0, 0.1) is 5.82 Å². The first-order valence-corrected chi connectivity index (χ1v) is 6.42. The van der Waals surface area contributed by atoms with Gasteiger partial charge in [0.15, 0.2) is 0 Å². The Morgan fingerprint density at radius 2 is 1.95 bits per heavy atom. The van der Waals surface area contributed by atoms with Gasteiger partial charge in [0.05, 0.1) is 6.10 Å². The van der Waals surface area contributed by atoms with E-state index in [2.05, 4.69) is 10.6 Å². The van der Waals surface area contributed by atoms with E-state index in [1.165, 1.54) is 19.1 Å². The van der Waals surface area contributed by atoms with Gasteiger partial charge in [0.2, 0.25) is 5.91 Å². The van der Waals surface area contributed by atoms with Gasteiger partial charge in [-0.1, -0.05) is 12.1 Å². The molecule has 0 saturated heterocycles. The van der Waals surface area contributed by atoms with Gasteiger partial charge < -0.3 is 15.7 Å². The predicted molar refractivity (Wildman–Crippen MR) is 72.1 cm³/mol. The van der Waals surface area contributed by atoms with E-state index in [-0.39, 0.29) is 17.8 Å². The highest BCUT2D eigenvalue weighted by molar-refractivity contribution is 5.72. The van der Waals surface area contributed by atoms with Gasteiger partial charge in [-0.2, -0.15) is 0 Å². The molecule has 1 aromatic rings. The number of hydrogen-bond donors (Lipinski definition) is 3. The summed E-state index contributed by atoms with van der Waals surface area (Å²) in [6.45, 7) is 4.65. The van der Waals surface area contributed by atoms with Crippen molar-refractivity contribution in [2.75, 3.05) is 13.1 Å². The van der Waals surface area contributed by atoms with Gasteiger partial charge in [0, 0.05) is 19.5 Å². The highest BCUT2D eigenvalue weighted by Crippen LogP contribution is 2.16. The first-order chi connectivity index (χ1) is 9.00. The Bertz CT molecular complexity index is 395. The lowest BCUT2D eigenvalue weighted by molar-refractivity contribution is -0.118. The lowest BCUT2D eigenvalue weighted by Crippen LogP contribution is -2.34. The second-order valence-electron chi connectivity index (χ2n) is 4.58. The van der Waals surface area contributed by atoms with E-state index in [0.717, 1.165) is 6.42 Å². The highest BCUT2D eigenvalue weighted by atomic mass is 19.1. The quantitative estimate of drug-likeness (QED) is 0.654. The molecule has 2 atom stereocenters. The van der Waals surface area contributed by atoms with Crippen molar-refractivity contribution in [3.05, 3.63) is 35.6 Å². The Labute approximate surface area is 113 Å². The number of carbonyl (C=O) groups excluding carboxylic acids is 1. The molecule has 0 saturated carbocycles. The molecule has 0 radical (unpaired) electrons. The van der Waals surface area contributed by atoms with Crippen LogP contribution in [0.15, 0.2) is 24.3 Å². The van der Waals surface area contributed by atoms with E-state index in [0.29, 0.717) is 18.7 Å². The molecule has 0 spiro atoms. The number of halogens is 1. The fourth-order valence-electron chi connectivity index (χ4n) is 1.74. The average Bonchev–Trinajstić information content (AvgIpc) is 2.37. The molecule has 1 aromatic carbocycles. The summed E-state index contributed by atoms with van der Waals surface area (Å²) in [6, 6.07) is 5.69. The van der Waals surface area contributed by atoms with Crippen molar-refractivity contribution >= 4 is 5.91 Å². The van der Waals surface area contributed by atoms with Gasteiger partial charge in [-0.15, -0.1) is 0 Å². The molecule has 4 nitrogen and oxygen atoms in total. The lowest BCUT2D eigenvalue weighted by Gasteiger charge is -2.20. The molecule has 2 unspecified atom stereocenters. The van der Waals surface area contributed by atoms with E-state index in [1.807, 2.05) is 6.92 Å². The van der Waals surface area contributed by atoms with Crippen LogP contribution in [0.4, 0.5) is 4.39 Å². The Balaban J connectivity index is 2.30. The summed E-state index contributed by atoms with van der Waals surface area (Å²) in [6.07, 6.45) is 0.112. The third-order valence-corrected chi connectivity index (χ3v) is 2.88. The van der Waals surface area contributed by atoms with E-state index < -0.39 is 6.10 Å². The molecule has 0 heterocycles. The van der Waals surface area contributed by atoms with Crippen molar-refractivity contribution in [2.24, 2.45) is 0 Å². The van der Waals surface area contributed by atoms with Crippen LogP contribution < -0.4 is 10.6 Å². The topological polar surface area (TPSA) is 61.4 Å². The maximum Gasteiger partial charge on any atom is 0.216 e. The van der Waals surface area contributed by atoms with E-state index in [4.69, 9.17) is 0 Å². The van der Waals surface area contributed by atoms with Crippen LogP contribution in [0.5, 0.6) is 0 Å². The third-order valence-electron chi connectivity index (χ3n) is 2.88. The van der Waals surface area contributed by atoms with Crippen molar-refractivity contribution in [3.8, 4) is 0 Å². The largest absolute Gasteiger partial charge is 0.387 e. The minimum Gasteiger partial charge on any atom is -0.387 e. The molecule has 19 heavy (non-hydrogen) atoms. The Morgan fingerprint density at radius 3 is 2.53 bits per heavy atom. The molecular formula is C14H21FN2O2. The van der Waals surface area contributed by atoms with Crippen LogP contribution in [0.3, 0.4) is 0 Å². The lowest BCUT2D eigenvalue weighted by atomic mass is 10.0. The number of amides is 1. The summed E-state index contributed by atoms with van der Waals surface area (Å²) in [4.78, 5) is 10.7. The molecule has 0 aliphatic rings. The molecule has 0 fully saturated rings. The second kappa shape index (κ2) is 7.86. The van der Waals surface area contributed by atoms with Gasteiger partial charge in [-0.25, -0.2) is 4.39 Å². The summed E-state index contributed by atoms with van der Waals surface area (Å²) in [5.41, 5.74) is 0.684. The zero-order valence-corrected chi connectivity index (χ0v) is 11.3. The molecule has 0 aliphatic carbocycles. The summed E-state index contributed by atoms with van der Waals surface area (Å²) in [5, 5.41) is 15.9. The van der Waals surface area contributed by atoms with Crippen LogP contribution in [0.1, 0.15) is 31.9 Å². The Hall–Kier alpha value is -1.46. The standard InChI is InChI=1S/C14H21FN2O2/c1-10(16-8-3-9-17-11(2)18)14(19)12-4-6-13(15)7-5-12/h4-7,10,14,16,19H,3,8-9H2,1-2H3,(H,17,18). The number of aliphatic hydroxyl groups excluding tert-OH is 1. The third kappa shape index (κ3) is 5.81. The van der Waals surface area contributed by atoms with Crippen molar-refractivity contribution in [2.45, 2.75) is 32.4 Å². The van der Waals surface area contributed by atoms with Gasteiger partial charge in [0.1, 0.15) is 5.82 Å². The van der Waals surface area contributed by atoms with Gasteiger partial charge in [-0.3, -0.25) is 4.79 Å². The van der Waals surface area contributed by atoms with E-state index >= 15 is 0 Å². The first-order valence-electron chi connectivity index (χ1n) is 6.42. The SMILES string of the molecule is CC(=O)NCCCNC(C)C(O)c1ccc(F)cc1. The van der Waals surface area contributed by atoms with Crippen LogP contribution in [-0.2, 0) is 4.79 Å². The second-order valence-corrected chi connectivity index (χ2v) is 4.58. The zero-order valence-electron chi connectivity index (χ0n) is 11.3. The maximum absolute atomic E-state index is 12.8. The average molecular weight is 268 g/mol. The molecule has 106 valence electrons. The minimum absolute atomic E-state index is 0.0422. The smallest absolute Gasteiger partial charge is 0.216 e. The number of benzene rings is 1. The number of aliphatic hydroxyl groups is 1. The number of rotatable bonds is 7. The Morgan fingerprint density at radius 1 is 1.32 bits per heavy atom. The molecule has 0 aromatic heterocycles. The molecular weight excluding hydrogens is 247 g/mol. The van der Waals surface area contributed by atoms with Crippen LogP contribution in [-0.4, -0.2) is 30.1 Å². The van der Waals surface area contributed by atoms with E-state index in [9.17, 15) is 14.3 Å².